The molecule has 1 amide bonds. The number of hydrogen-bond donors (Lipinski definition) is 1. The van der Waals surface area contributed by atoms with E-state index >= 15 is 0 Å². The van der Waals surface area contributed by atoms with E-state index in [1.165, 1.54) is 16.9 Å². The molecule has 3 aromatic rings. The molecule has 142 valence electrons. The fourth-order valence-corrected chi connectivity index (χ4v) is 3.36. The first-order valence-corrected chi connectivity index (χ1v) is 9.44. The molecule has 1 aromatic carbocycles. The largest absolute Gasteiger partial charge is 0.483 e. The van der Waals surface area contributed by atoms with Gasteiger partial charge < -0.3 is 14.6 Å². The quantitative estimate of drug-likeness (QED) is 0.686. The minimum atomic E-state index is -0.267. The number of aryl methyl sites for hydroxylation is 3. The fourth-order valence-electron chi connectivity index (χ4n) is 2.62. The molecule has 27 heavy (non-hydrogen) atoms. The van der Waals surface area contributed by atoms with E-state index < -0.39 is 0 Å². The third kappa shape index (κ3) is 4.33. The molecule has 8 heteroatoms. The van der Waals surface area contributed by atoms with Crippen LogP contribution in [-0.2, 0) is 11.2 Å². The van der Waals surface area contributed by atoms with Gasteiger partial charge >= 0.3 is 0 Å². The van der Waals surface area contributed by atoms with Crippen molar-refractivity contribution in [3.05, 3.63) is 51.4 Å². The zero-order valence-corrected chi connectivity index (χ0v) is 16.8. The molecule has 0 spiro atoms. The van der Waals surface area contributed by atoms with Crippen molar-refractivity contribution < 1.29 is 14.1 Å². The third-order valence-electron chi connectivity index (χ3n) is 4.41. The molecule has 7 nitrogen and oxygen atoms in total. The SMILES string of the molecule is Cc1cccc(O[C@@H](C)c2nnc(NC(=O)Cc3c(C)noc3C)s2)c1C. The number of aromatic nitrogens is 3. The maximum Gasteiger partial charge on any atom is 0.230 e. The van der Waals surface area contributed by atoms with Gasteiger partial charge in [0.15, 0.2) is 5.01 Å². The zero-order valence-electron chi connectivity index (χ0n) is 16.0. The topological polar surface area (TPSA) is 90.1 Å². The number of benzene rings is 1. The normalized spacial score (nSPS) is 12.0. The minimum absolute atomic E-state index is 0.185. The standard InChI is InChI=1S/C19H22N4O3S/c1-10-7-6-8-16(11(10)2)25-14(5)18-21-22-19(27-18)20-17(24)9-15-12(3)23-26-13(15)4/h6-8,14H,9H2,1-5H3,(H,20,22,24)/t14-/m0/s1. The van der Waals surface area contributed by atoms with Crippen LogP contribution in [0.4, 0.5) is 5.13 Å². The van der Waals surface area contributed by atoms with E-state index in [2.05, 4.69) is 20.7 Å². The second-order valence-corrected chi connectivity index (χ2v) is 7.44. The maximum atomic E-state index is 12.3. The van der Waals surface area contributed by atoms with E-state index in [-0.39, 0.29) is 18.4 Å². The summed E-state index contributed by atoms with van der Waals surface area (Å²) >= 11 is 1.30. The summed E-state index contributed by atoms with van der Waals surface area (Å²) in [5, 5.41) is 16.0. The van der Waals surface area contributed by atoms with Crippen molar-refractivity contribution in [3.8, 4) is 5.75 Å². The van der Waals surface area contributed by atoms with Crippen LogP contribution in [-0.4, -0.2) is 21.3 Å². The van der Waals surface area contributed by atoms with Gasteiger partial charge in [0.25, 0.3) is 0 Å². The van der Waals surface area contributed by atoms with E-state index in [9.17, 15) is 4.79 Å². The van der Waals surface area contributed by atoms with E-state index in [1.54, 1.807) is 6.92 Å². The van der Waals surface area contributed by atoms with Gasteiger partial charge in [-0.25, -0.2) is 0 Å². The molecule has 0 aliphatic carbocycles. The van der Waals surface area contributed by atoms with Crippen LogP contribution < -0.4 is 10.1 Å². The van der Waals surface area contributed by atoms with Crippen molar-refractivity contribution in [2.24, 2.45) is 0 Å². The van der Waals surface area contributed by atoms with Crippen LogP contribution in [0.1, 0.15) is 46.2 Å². The molecule has 0 fully saturated rings. The van der Waals surface area contributed by atoms with Crippen molar-refractivity contribution in [1.82, 2.24) is 15.4 Å². The predicted octanol–water partition coefficient (Wildman–Crippen LogP) is 4.08. The summed E-state index contributed by atoms with van der Waals surface area (Å²) < 4.78 is 11.1. The molecule has 1 atom stereocenters. The Bertz CT molecular complexity index is 944. The number of nitrogens with one attached hydrogen (secondary N) is 1. The highest BCUT2D eigenvalue weighted by molar-refractivity contribution is 7.15. The van der Waals surface area contributed by atoms with Gasteiger partial charge in [-0.05, 0) is 51.8 Å². The Labute approximate surface area is 161 Å². The Hall–Kier alpha value is -2.74. The third-order valence-corrected chi connectivity index (χ3v) is 5.41. The van der Waals surface area contributed by atoms with Gasteiger partial charge in [-0.2, -0.15) is 0 Å². The van der Waals surface area contributed by atoms with Crippen LogP contribution in [0.3, 0.4) is 0 Å². The molecule has 1 N–H and O–H groups in total. The van der Waals surface area contributed by atoms with Crippen molar-refractivity contribution in [1.29, 1.82) is 0 Å². The second-order valence-electron chi connectivity index (χ2n) is 6.43. The lowest BCUT2D eigenvalue weighted by atomic mass is 10.1. The Morgan fingerprint density at radius 3 is 2.74 bits per heavy atom. The van der Waals surface area contributed by atoms with Gasteiger partial charge in [-0.3, -0.25) is 4.79 Å². The smallest absolute Gasteiger partial charge is 0.230 e. The van der Waals surface area contributed by atoms with E-state index in [0.29, 0.717) is 15.9 Å². The first kappa shape index (κ1) is 19.0. The summed E-state index contributed by atoms with van der Waals surface area (Å²) in [4.78, 5) is 12.3. The van der Waals surface area contributed by atoms with Crippen LogP contribution in [0.5, 0.6) is 5.75 Å². The summed E-state index contributed by atoms with van der Waals surface area (Å²) in [5.74, 6) is 1.29. The fraction of sp³-hybridized carbons (Fsp3) is 0.368. The molecule has 2 aromatic heterocycles. The van der Waals surface area contributed by atoms with Gasteiger partial charge in [0.2, 0.25) is 11.0 Å². The van der Waals surface area contributed by atoms with E-state index in [1.807, 2.05) is 45.9 Å². The second kappa shape index (κ2) is 7.87. The van der Waals surface area contributed by atoms with Gasteiger partial charge in [0.1, 0.15) is 17.6 Å². The molecule has 0 radical (unpaired) electrons. The Morgan fingerprint density at radius 2 is 2.04 bits per heavy atom. The number of ether oxygens (including phenoxy) is 1. The first-order valence-electron chi connectivity index (χ1n) is 8.63. The van der Waals surface area contributed by atoms with Crippen LogP contribution in [0.15, 0.2) is 22.7 Å². The van der Waals surface area contributed by atoms with Crippen LogP contribution >= 0.6 is 11.3 Å². The number of anilines is 1. The summed E-state index contributed by atoms with van der Waals surface area (Å²) in [6.07, 6.45) is -0.0823. The number of amides is 1. The Morgan fingerprint density at radius 1 is 1.26 bits per heavy atom. The highest BCUT2D eigenvalue weighted by Crippen LogP contribution is 2.29. The van der Waals surface area contributed by atoms with E-state index in [0.717, 1.165) is 22.6 Å². The highest BCUT2D eigenvalue weighted by atomic mass is 32.1. The number of nitrogens with zero attached hydrogens (tertiary/aromatic N) is 3. The number of carbonyl (C=O) groups is 1. The number of hydrogen-bond acceptors (Lipinski definition) is 7. The molecule has 0 unspecified atom stereocenters. The summed E-state index contributed by atoms with van der Waals surface area (Å²) in [7, 11) is 0. The first-order chi connectivity index (χ1) is 12.8. The van der Waals surface area contributed by atoms with Gasteiger partial charge in [-0.1, -0.05) is 28.6 Å². The average molecular weight is 386 g/mol. The maximum absolute atomic E-state index is 12.3. The molecule has 3 rings (SSSR count). The van der Waals surface area contributed by atoms with Crippen LogP contribution in [0.2, 0.25) is 0 Å². The minimum Gasteiger partial charge on any atom is -0.483 e. The Kier molecular flexibility index (Phi) is 5.55. The molecule has 0 bridgehead atoms. The van der Waals surface area contributed by atoms with E-state index in [4.69, 9.17) is 9.26 Å². The Balaban J connectivity index is 1.64. The highest BCUT2D eigenvalue weighted by Gasteiger charge is 2.18. The lowest BCUT2D eigenvalue weighted by Gasteiger charge is -2.14. The monoisotopic (exact) mass is 386 g/mol. The van der Waals surface area contributed by atoms with Gasteiger partial charge in [0, 0.05) is 5.56 Å². The van der Waals surface area contributed by atoms with Gasteiger partial charge in [0.05, 0.1) is 12.1 Å². The molecule has 2 heterocycles. The van der Waals surface area contributed by atoms with Crippen LogP contribution in [0, 0.1) is 27.7 Å². The molecule has 0 aliphatic rings. The molecule has 0 saturated heterocycles. The van der Waals surface area contributed by atoms with Crippen molar-refractivity contribution in [2.75, 3.05) is 5.32 Å². The summed E-state index contributed by atoms with van der Waals surface area (Å²) in [6.45, 7) is 9.59. The van der Waals surface area contributed by atoms with Gasteiger partial charge in [-0.15, -0.1) is 10.2 Å². The number of carbonyl (C=O) groups excluding carboxylic acids is 1. The lowest BCUT2D eigenvalue weighted by Crippen LogP contribution is -2.15. The number of rotatable bonds is 6. The van der Waals surface area contributed by atoms with Crippen molar-refractivity contribution in [2.45, 2.75) is 47.1 Å². The van der Waals surface area contributed by atoms with Crippen molar-refractivity contribution >= 4 is 22.4 Å². The predicted molar refractivity (Wildman–Crippen MR) is 103 cm³/mol. The summed E-state index contributed by atoms with van der Waals surface area (Å²) in [6, 6.07) is 5.95. The average Bonchev–Trinajstić information content (AvgIpc) is 3.21. The van der Waals surface area contributed by atoms with Crippen LogP contribution in [0.25, 0.3) is 0 Å². The van der Waals surface area contributed by atoms with Crippen molar-refractivity contribution in [3.63, 3.8) is 0 Å². The molecule has 0 saturated carbocycles. The lowest BCUT2D eigenvalue weighted by molar-refractivity contribution is -0.115. The zero-order chi connectivity index (χ0) is 19.6. The molecule has 0 aliphatic heterocycles. The summed E-state index contributed by atoms with van der Waals surface area (Å²) in [5.41, 5.74) is 3.78. The molecular formula is C19H22N4O3S. The molecular weight excluding hydrogens is 364 g/mol.